The van der Waals surface area contributed by atoms with Crippen LogP contribution in [0.3, 0.4) is 0 Å². The van der Waals surface area contributed by atoms with Crippen LogP contribution in [0.5, 0.6) is 0 Å². The number of nitrogens with one attached hydrogen (secondary N) is 1. The van der Waals surface area contributed by atoms with E-state index in [1.165, 1.54) is 0 Å². The third kappa shape index (κ3) is 3.24. The minimum Gasteiger partial charge on any atom is -0.398 e. The molecule has 106 valence electrons. The number of hydrogen-bond acceptors (Lipinski definition) is 3. The van der Waals surface area contributed by atoms with Gasteiger partial charge in [0.15, 0.2) is 0 Å². The molecule has 0 saturated heterocycles. The van der Waals surface area contributed by atoms with Crippen LogP contribution >= 0.6 is 22.6 Å². The number of benzene rings is 2. The van der Waals surface area contributed by atoms with Gasteiger partial charge < -0.3 is 5.73 Å². The number of nitrogen functional groups attached to an aromatic ring is 1. The van der Waals surface area contributed by atoms with Gasteiger partial charge >= 0.3 is 0 Å². The van der Waals surface area contributed by atoms with E-state index in [-0.39, 0.29) is 4.90 Å². The zero-order valence-electron chi connectivity index (χ0n) is 11.1. The highest BCUT2D eigenvalue weighted by Gasteiger charge is 2.19. The Balaban J connectivity index is 2.46. The first-order valence-corrected chi connectivity index (χ1v) is 8.51. The Kier molecular flexibility index (Phi) is 4.24. The average molecular weight is 402 g/mol. The third-order valence-electron chi connectivity index (χ3n) is 2.91. The number of sulfonamides is 1. The maximum atomic E-state index is 12.5. The molecule has 2 aromatic rings. The number of halogens is 1. The van der Waals surface area contributed by atoms with Gasteiger partial charge in [0.05, 0.1) is 4.90 Å². The van der Waals surface area contributed by atoms with E-state index in [0.717, 1.165) is 9.13 Å². The molecule has 0 radical (unpaired) electrons. The van der Waals surface area contributed by atoms with Crippen molar-refractivity contribution in [2.45, 2.75) is 18.7 Å². The lowest BCUT2D eigenvalue weighted by molar-refractivity contribution is 0.600. The highest BCUT2D eigenvalue weighted by molar-refractivity contribution is 14.1. The van der Waals surface area contributed by atoms with Crippen LogP contribution in [-0.2, 0) is 10.0 Å². The number of nitrogens with two attached hydrogens (primary N) is 1. The van der Waals surface area contributed by atoms with Crippen molar-refractivity contribution in [3.8, 4) is 0 Å². The summed E-state index contributed by atoms with van der Waals surface area (Å²) in [4.78, 5) is 0.217. The molecule has 3 N–H and O–H groups in total. The highest BCUT2D eigenvalue weighted by Crippen LogP contribution is 2.25. The first-order chi connectivity index (χ1) is 9.29. The van der Waals surface area contributed by atoms with Crippen LogP contribution in [0.25, 0.3) is 0 Å². The number of anilines is 2. The van der Waals surface area contributed by atoms with Crippen molar-refractivity contribution in [3.05, 3.63) is 51.1 Å². The van der Waals surface area contributed by atoms with Gasteiger partial charge in [0.1, 0.15) is 0 Å². The summed E-state index contributed by atoms with van der Waals surface area (Å²) in [6.07, 6.45) is 0. The summed E-state index contributed by atoms with van der Waals surface area (Å²) in [7, 11) is -3.64. The van der Waals surface area contributed by atoms with E-state index in [0.29, 0.717) is 16.9 Å². The van der Waals surface area contributed by atoms with E-state index < -0.39 is 10.0 Å². The number of rotatable bonds is 3. The molecule has 0 bridgehead atoms. The fourth-order valence-electron chi connectivity index (χ4n) is 1.89. The molecule has 0 fully saturated rings. The van der Waals surface area contributed by atoms with Crippen LogP contribution < -0.4 is 10.5 Å². The topological polar surface area (TPSA) is 72.2 Å². The van der Waals surface area contributed by atoms with E-state index in [1.54, 1.807) is 37.3 Å². The molecule has 0 aliphatic rings. The quantitative estimate of drug-likeness (QED) is 0.612. The van der Waals surface area contributed by atoms with Crippen molar-refractivity contribution in [2.24, 2.45) is 0 Å². The first-order valence-electron chi connectivity index (χ1n) is 5.95. The Morgan fingerprint density at radius 2 is 1.85 bits per heavy atom. The molecule has 0 aromatic heterocycles. The molecule has 20 heavy (non-hydrogen) atoms. The normalized spacial score (nSPS) is 11.3. The van der Waals surface area contributed by atoms with Crippen LogP contribution in [0.15, 0.2) is 41.3 Å². The zero-order valence-corrected chi connectivity index (χ0v) is 14.1. The van der Waals surface area contributed by atoms with Crippen molar-refractivity contribution in [1.29, 1.82) is 0 Å². The summed E-state index contributed by atoms with van der Waals surface area (Å²) in [5, 5.41) is 0. The predicted molar refractivity (Wildman–Crippen MR) is 90.3 cm³/mol. The summed E-state index contributed by atoms with van der Waals surface area (Å²) < 4.78 is 28.5. The third-order valence-corrected chi connectivity index (χ3v) is 5.09. The molecular formula is C14H15IN2O2S. The van der Waals surface area contributed by atoms with Crippen LogP contribution in [0.2, 0.25) is 0 Å². The van der Waals surface area contributed by atoms with Crippen molar-refractivity contribution >= 4 is 44.0 Å². The van der Waals surface area contributed by atoms with Crippen molar-refractivity contribution in [3.63, 3.8) is 0 Å². The Morgan fingerprint density at radius 3 is 2.50 bits per heavy atom. The molecule has 0 amide bonds. The molecular weight excluding hydrogens is 387 g/mol. The fourth-order valence-corrected chi connectivity index (χ4v) is 3.85. The van der Waals surface area contributed by atoms with Crippen molar-refractivity contribution in [2.75, 3.05) is 10.5 Å². The molecule has 0 atom stereocenters. The van der Waals surface area contributed by atoms with Crippen LogP contribution in [0.1, 0.15) is 11.1 Å². The van der Waals surface area contributed by atoms with Gasteiger partial charge in [-0.2, -0.15) is 0 Å². The summed E-state index contributed by atoms with van der Waals surface area (Å²) >= 11 is 2.13. The molecule has 0 aliphatic carbocycles. The van der Waals surface area contributed by atoms with Gasteiger partial charge in [-0.15, -0.1) is 0 Å². The molecule has 2 rings (SSSR count). The SMILES string of the molecule is Cc1cc(N)c(C)c(S(=O)(=O)Nc2cccc(I)c2)c1. The van der Waals surface area contributed by atoms with Gasteiger partial charge in [-0.05, 0) is 77.9 Å². The summed E-state index contributed by atoms with van der Waals surface area (Å²) in [6.45, 7) is 3.53. The second kappa shape index (κ2) is 5.61. The van der Waals surface area contributed by atoms with E-state index in [1.807, 2.05) is 13.0 Å². The van der Waals surface area contributed by atoms with Gasteiger partial charge in [0, 0.05) is 14.9 Å². The monoisotopic (exact) mass is 402 g/mol. The lowest BCUT2D eigenvalue weighted by atomic mass is 10.1. The smallest absolute Gasteiger partial charge is 0.262 e. The van der Waals surface area contributed by atoms with Gasteiger partial charge in [-0.25, -0.2) is 8.42 Å². The van der Waals surface area contributed by atoms with Crippen molar-refractivity contribution in [1.82, 2.24) is 0 Å². The molecule has 0 aliphatic heterocycles. The average Bonchev–Trinajstić information content (AvgIpc) is 2.33. The first kappa shape index (κ1) is 15.1. The summed E-state index contributed by atoms with van der Waals surface area (Å²) in [5.41, 5.74) is 8.24. The maximum Gasteiger partial charge on any atom is 0.262 e. The Morgan fingerprint density at radius 1 is 1.15 bits per heavy atom. The van der Waals surface area contributed by atoms with E-state index in [2.05, 4.69) is 27.3 Å². The van der Waals surface area contributed by atoms with E-state index >= 15 is 0 Å². The Hall–Kier alpha value is -1.28. The molecule has 6 heteroatoms. The van der Waals surface area contributed by atoms with Crippen LogP contribution in [0, 0.1) is 17.4 Å². The van der Waals surface area contributed by atoms with Gasteiger partial charge in [0.25, 0.3) is 10.0 Å². The molecule has 2 aromatic carbocycles. The Labute approximate surface area is 132 Å². The summed E-state index contributed by atoms with van der Waals surface area (Å²) in [6, 6.07) is 10.6. The lowest BCUT2D eigenvalue weighted by Crippen LogP contribution is -2.15. The highest BCUT2D eigenvalue weighted by atomic mass is 127. The minimum atomic E-state index is -3.64. The second-order valence-electron chi connectivity index (χ2n) is 4.59. The van der Waals surface area contributed by atoms with Gasteiger partial charge in [-0.3, -0.25) is 4.72 Å². The zero-order chi connectivity index (χ0) is 14.9. The largest absolute Gasteiger partial charge is 0.398 e. The maximum absolute atomic E-state index is 12.5. The molecule has 0 unspecified atom stereocenters. The number of hydrogen-bond donors (Lipinski definition) is 2. The predicted octanol–water partition coefficient (Wildman–Crippen LogP) is 3.29. The van der Waals surface area contributed by atoms with Crippen LogP contribution in [-0.4, -0.2) is 8.42 Å². The molecule has 4 nitrogen and oxygen atoms in total. The Bertz CT molecular complexity index is 758. The summed E-state index contributed by atoms with van der Waals surface area (Å²) in [5.74, 6) is 0. The van der Waals surface area contributed by atoms with E-state index in [4.69, 9.17) is 5.73 Å². The minimum absolute atomic E-state index is 0.217. The van der Waals surface area contributed by atoms with Crippen molar-refractivity contribution < 1.29 is 8.42 Å². The molecule has 0 spiro atoms. The van der Waals surface area contributed by atoms with E-state index in [9.17, 15) is 8.42 Å². The van der Waals surface area contributed by atoms with Gasteiger partial charge in [-0.1, -0.05) is 6.07 Å². The lowest BCUT2D eigenvalue weighted by Gasteiger charge is -2.13. The fraction of sp³-hybridized carbons (Fsp3) is 0.143. The molecule has 0 heterocycles. The van der Waals surface area contributed by atoms with Crippen LogP contribution in [0.4, 0.5) is 11.4 Å². The van der Waals surface area contributed by atoms with Gasteiger partial charge in [0.2, 0.25) is 0 Å². The number of aryl methyl sites for hydroxylation is 1. The standard InChI is InChI=1S/C14H15IN2O2S/c1-9-6-13(16)10(2)14(7-9)20(18,19)17-12-5-3-4-11(15)8-12/h3-8,17H,16H2,1-2H3. The molecule has 0 saturated carbocycles. The second-order valence-corrected chi connectivity index (χ2v) is 7.49.